The first-order valence-corrected chi connectivity index (χ1v) is 15.1. The number of methoxy groups -OCH3 is 1. The third-order valence-electron chi connectivity index (χ3n) is 7.36. The van der Waals surface area contributed by atoms with Crippen molar-refractivity contribution < 1.29 is 33.6 Å². The molecule has 2 unspecified atom stereocenters. The van der Waals surface area contributed by atoms with E-state index in [0.717, 1.165) is 21.5 Å². The molecule has 0 spiro atoms. The fourth-order valence-corrected chi connectivity index (χ4v) is 6.18. The van der Waals surface area contributed by atoms with E-state index in [9.17, 15) is 29.0 Å². The number of carbonyl (C=O) groups is 1. The van der Waals surface area contributed by atoms with Crippen molar-refractivity contribution in [3.05, 3.63) is 104 Å². The molecule has 2 N–H and O–H groups in total. The van der Waals surface area contributed by atoms with Crippen molar-refractivity contribution in [1.29, 1.82) is 0 Å². The largest absolute Gasteiger partial charge is 0.496 e. The molecule has 0 bridgehead atoms. The van der Waals surface area contributed by atoms with Crippen molar-refractivity contribution in [1.82, 2.24) is 24.1 Å². The second-order valence-corrected chi connectivity index (χ2v) is 11.4. The fourth-order valence-electron chi connectivity index (χ4n) is 4.96. The van der Waals surface area contributed by atoms with Gasteiger partial charge in [-0.25, -0.2) is 18.5 Å². The van der Waals surface area contributed by atoms with Crippen LogP contribution >= 0.6 is 11.3 Å². The first-order chi connectivity index (χ1) is 22.1. The van der Waals surface area contributed by atoms with Crippen molar-refractivity contribution in [2.45, 2.75) is 45.2 Å². The maximum absolute atomic E-state index is 14.5. The number of aryl methyl sites for hydroxylation is 1. The van der Waals surface area contributed by atoms with Crippen molar-refractivity contribution in [3.63, 3.8) is 0 Å². The molecule has 5 rings (SSSR count). The van der Waals surface area contributed by atoms with Crippen LogP contribution in [0.2, 0.25) is 0 Å². The van der Waals surface area contributed by atoms with Crippen LogP contribution < -0.4 is 16.0 Å². The lowest BCUT2D eigenvalue weighted by molar-refractivity contribution is -0.148. The lowest BCUT2D eigenvalue weighted by Gasteiger charge is -2.24. The van der Waals surface area contributed by atoms with E-state index in [1.54, 1.807) is 31.2 Å². The molecule has 3 heterocycles. The number of esters is 1. The van der Waals surface area contributed by atoms with E-state index < -0.39 is 47.9 Å². The van der Waals surface area contributed by atoms with Crippen molar-refractivity contribution in [2.24, 2.45) is 0 Å². The van der Waals surface area contributed by atoms with Gasteiger partial charge in [-0.05, 0) is 37.6 Å². The van der Waals surface area contributed by atoms with Gasteiger partial charge in [0.25, 0.3) is 5.56 Å². The molecule has 0 radical (unpaired) electrons. The number of halogens is 1. The summed E-state index contributed by atoms with van der Waals surface area (Å²) in [5.74, 6) is -1.17. The van der Waals surface area contributed by atoms with Crippen LogP contribution in [0.5, 0.6) is 5.75 Å². The van der Waals surface area contributed by atoms with E-state index in [1.807, 2.05) is 6.07 Å². The van der Waals surface area contributed by atoms with E-state index in [-0.39, 0.29) is 41.3 Å². The Labute approximate surface area is 265 Å². The molecule has 13 nitrogen and oxygen atoms in total. The molecule has 15 heteroatoms. The minimum Gasteiger partial charge on any atom is -0.496 e. The number of hydrogen-bond donors (Lipinski definition) is 2. The topological polar surface area (TPSA) is 160 Å². The van der Waals surface area contributed by atoms with E-state index in [1.165, 1.54) is 54.0 Å². The van der Waals surface area contributed by atoms with Gasteiger partial charge in [0, 0.05) is 11.1 Å². The van der Waals surface area contributed by atoms with Crippen LogP contribution in [0.3, 0.4) is 0 Å². The van der Waals surface area contributed by atoms with Crippen LogP contribution in [-0.2, 0) is 27.4 Å². The molecule has 3 atom stereocenters. The van der Waals surface area contributed by atoms with Crippen LogP contribution in [0.25, 0.3) is 15.2 Å². The summed E-state index contributed by atoms with van der Waals surface area (Å²) in [6, 6.07) is 11.4. The highest BCUT2D eigenvalue weighted by Gasteiger charge is 2.29. The minimum atomic E-state index is -1.33. The smallest absolute Gasteiger partial charge is 0.333 e. The lowest BCUT2D eigenvalue weighted by Crippen LogP contribution is -2.44. The van der Waals surface area contributed by atoms with Gasteiger partial charge in [-0.2, -0.15) is 10.2 Å². The average Bonchev–Trinajstić information content (AvgIpc) is 3.71. The Hall–Kier alpha value is -4.70. The standard InChI is InChI=1S/C31H32FN5O8S/c1-18-26-27(40)36(19(2)30(41)45-16-20-7-5-4-6-8-20)31(42)35(29(26)46-28(18)37-33-11-12-34-37)14-25(44-17-22(39)15-38)23-13-21(32)9-10-24(23)43-3/h4-13,19,22,25,38-39H,14-17H2,1-3H3/t19?,22?,25-/m0/s1. The van der Waals surface area contributed by atoms with Gasteiger partial charge in [-0.1, -0.05) is 41.7 Å². The Kier molecular flexibility index (Phi) is 10.1. The average molecular weight is 654 g/mol. The quantitative estimate of drug-likeness (QED) is 0.181. The number of benzene rings is 2. The van der Waals surface area contributed by atoms with Crippen LogP contribution in [0.1, 0.15) is 35.8 Å². The summed E-state index contributed by atoms with van der Waals surface area (Å²) >= 11 is 1.07. The van der Waals surface area contributed by atoms with E-state index in [4.69, 9.17) is 14.2 Å². The summed E-state index contributed by atoms with van der Waals surface area (Å²) in [5, 5.41) is 28.4. The molecule has 0 aliphatic heterocycles. The number of carbonyl (C=O) groups excluding carboxylic acids is 1. The Morgan fingerprint density at radius 1 is 1.11 bits per heavy atom. The van der Waals surface area contributed by atoms with E-state index >= 15 is 0 Å². The Balaban J connectivity index is 1.67. The first-order valence-electron chi connectivity index (χ1n) is 14.2. The van der Waals surface area contributed by atoms with Crippen LogP contribution in [-0.4, -0.2) is 66.7 Å². The number of ether oxygens (including phenoxy) is 3. The molecule has 0 fully saturated rings. The normalized spacial score (nSPS) is 13.4. The van der Waals surface area contributed by atoms with Gasteiger partial charge in [0.2, 0.25) is 0 Å². The Morgan fingerprint density at radius 2 is 1.83 bits per heavy atom. The third kappa shape index (κ3) is 6.62. The highest BCUT2D eigenvalue weighted by molar-refractivity contribution is 7.21. The zero-order valence-electron chi connectivity index (χ0n) is 25.2. The molecule has 2 aromatic carbocycles. The molecule has 5 aromatic rings. The Bertz CT molecular complexity index is 1940. The molecule has 0 aliphatic rings. The SMILES string of the molecule is COc1ccc(F)cc1[C@H](Cn1c(=O)n(C(C)C(=O)OCc2ccccc2)c(=O)c2c(C)c(-n3nccn3)sc21)OCC(O)CO. The van der Waals surface area contributed by atoms with Gasteiger partial charge >= 0.3 is 11.7 Å². The molecule has 3 aromatic heterocycles. The first kappa shape index (κ1) is 32.7. The molecule has 0 saturated carbocycles. The second-order valence-electron chi connectivity index (χ2n) is 10.4. The Morgan fingerprint density at radius 3 is 2.50 bits per heavy atom. The highest BCUT2D eigenvalue weighted by Crippen LogP contribution is 2.34. The zero-order chi connectivity index (χ0) is 33.0. The number of nitrogens with zero attached hydrogens (tertiary/aromatic N) is 5. The molecule has 0 aliphatic carbocycles. The van der Waals surface area contributed by atoms with Crippen LogP contribution in [0, 0.1) is 12.7 Å². The van der Waals surface area contributed by atoms with Crippen LogP contribution in [0.15, 0.2) is 70.5 Å². The summed E-state index contributed by atoms with van der Waals surface area (Å²) in [6.07, 6.45) is 0.542. The monoisotopic (exact) mass is 653 g/mol. The maximum Gasteiger partial charge on any atom is 0.333 e. The van der Waals surface area contributed by atoms with E-state index in [2.05, 4.69) is 10.2 Å². The van der Waals surface area contributed by atoms with E-state index in [0.29, 0.717) is 10.6 Å². The van der Waals surface area contributed by atoms with Crippen molar-refractivity contribution in [2.75, 3.05) is 20.3 Å². The zero-order valence-corrected chi connectivity index (χ0v) is 26.0. The predicted octanol–water partition coefficient (Wildman–Crippen LogP) is 2.68. The number of thiophene rings is 1. The van der Waals surface area contributed by atoms with Gasteiger partial charge < -0.3 is 24.4 Å². The number of aliphatic hydroxyl groups is 2. The summed E-state index contributed by atoms with van der Waals surface area (Å²) < 4.78 is 33.4. The molecule has 0 saturated heterocycles. The highest BCUT2D eigenvalue weighted by atomic mass is 32.1. The number of hydrogen-bond acceptors (Lipinski definition) is 11. The van der Waals surface area contributed by atoms with Gasteiger partial charge in [-0.3, -0.25) is 9.36 Å². The van der Waals surface area contributed by atoms with Crippen molar-refractivity contribution in [3.8, 4) is 10.8 Å². The van der Waals surface area contributed by atoms with Gasteiger partial charge in [0.1, 0.15) is 46.3 Å². The van der Waals surface area contributed by atoms with Gasteiger partial charge in [0.15, 0.2) is 0 Å². The summed E-state index contributed by atoms with van der Waals surface area (Å²) in [4.78, 5) is 43.0. The lowest BCUT2D eigenvalue weighted by atomic mass is 10.1. The number of rotatable bonds is 13. The third-order valence-corrected chi connectivity index (χ3v) is 8.64. The molecular weight excluding hydrogens is 621 g/mol. The molecule has 242 valence electrons. The summed E-state index contributed by atoms with van der Waals surface area (Å²) in [7, 11) is 1.38. The van der Waals surface area contributed by atoms with Crippen molar-refractivity contribution >= 4 is 27.5 Å². The number of fused-ring (bicyclic) bond motifs is 1. The molecular formula is C31H32FN5O8S. The second kappa shape index (κ2) is 14.2. The van der Waals surface area contributed by atoms with Gasteiger partial charge in [0.05, 0.1) is 44.6 Å². The van der Waals surface area contributed by atoms with Crippen LogP contribution in [0.4, 0.5) is 4.39 Å². The van der Waals surface area contributed by atoms with Gasteiger partial charge in [-0.15, -0.1) is 4.80 Å². The predicted molar refractivity (Wildman–Crippen MR) is 166 cm³/mol. The minimum absolute atomic E-state index is 0.0652. The maximum atomic E-state index is 14.5. The number of aliphatic hydroxyl groups excluding tert-OH is 2. The molecule has 0 amide bonds. The fraction of sp³-hybridized carbons (Fsp3) is 0.323. The number of aromatic nitrogens is 5. The summed E-state index contributed by atoms with van der Waals surface area (Å²) in [6.45, 7) is 1.74. The summed E-state index contributed by atoms with van der Waals surface area (Å²) in [5.41, 5.74) is -0.172. The molecule has 46 heavy (non-hydrogen) atoms.